The van der Waals surface area contributed by atoms with Crippen LogP contribution in [-0.4, -0.2) is 15.0 Å². The lowest BCUT2D eigenvalue weighted by Crippen LogP contribution is -2.00. The van der Waals surface area contributed by atoms with Crippen LogP contribution >= 0.6 is 0 Å². The van der Waals surface area contributed by atoms with Crippen molar-refractivity contribution in [1.82, 2.24) is 15.0 Å². The van der Waals surface area contributed by atoms with Crippen LogP contribution in [-0.2, 0) is 0 Å². The van der Waals surface area contributed by atoms with Crippen LogP contribution in [0.3, 0.4) is 0 Å². The van der Waals surface area contributed by atoms with Crippen LogP contribution in [0.25, 0.3) is 143 Å². The standard InChI is InChI=1S/C61H35N3O2/c1-2-14-36(15-3-1)37-28-30-38(31-29-37)59-62-60(64-61(63-59)49-26-13-25-48-46-23-10-11-27-53(46)65-57(48)49)42-19-12-18-41(32-42)50-35-51-45-22-7-6-20-43(45)44-21-8-9-24-47(44)55(51)58-56(50)52-33-39-16-4-5-17-40(39)34-54(52)66-58/h1-35H. The number of fused-ring (bicyclic) bond motifs is 14. The van der Waals surface area contributed by atoms with E-state index in [0.29, 0.717) is 17.5 Å². The first-order valence-corrected chi connectivity index (χ1v) is 22.2. The van der Waals surface area contributed by atoms with E-state index >= 15 is 0 Å². The van der Waals surface area contributed by atoms with E-state index in [-0.39, 0.29) is 0 Å². The molecule has 0 fully saturated rings. The van der Waals surface area contributed by atoms with Crippen molar-refractivity contribution >= 4 is 87.0 Å². The van der Waals surface area contributed by atoms with E-state index < -0.39 is 0 Å². The molecule has 5 heteroatoms. The lowest BCUT2D eigenvalue weighted by Gasteiger charge is -2.14. The van der Waals surface area contributed by atoms with E-state index in [9.17, 15) is 0 Å². The first-order valence-electron chi connectivity index (χ1n) is 22.2. The summed E-state index contributed by atoms with van der Waals surface area (Å²) >= 11 is 0. The van der Waals surface area contributed by atoms with Crippen LogP contribution in [0, 0.1) is 0 Å². The van der Waals surface area contributed by atoms with Gasteiger partial charge in [0.25, 0.3) is 0 Å². The van der Waals surface area contributed by atoms with Crippen LogP contribution in [0.5, 0.6) is 0 Å². The highest BCUT2D eigenvalue weighted by molar-refractivity contribution is 6.34. The predicted molar refractivity (Wildman–Crippen MR) is 272 cm³/mol. The molecule has 11 aromatic carbocycles. The Morgan fingerprint density at radius 3 is 1.61 bits per heavy atom. The van der Waals surface area contributed by atoms with Gasteiger partial charge in [0.1, 0.15) is 22.3 Å². The van der Waals surface area contributed by atoms with Gasteiger partial charge in [-0.05, 0) is 96.4 Å². The van der Waals surface area contributed by atoms with E-state index in [4.69, 9.17) is 23.8 Å². The quantitative estimate of drug-likeness (QED) is 0.162. The number of hydrogen-bond acceptors (Lipinski definition) is 5. The Morgan fingerprint density at radius 1 is 0.258 bits per heavy atom. The molecule has 0 bridgehead atoms. The minimum atomic E-state index is 0.538. The van der Waals surface area contributed by atoms with Gasteiger partial charge in [0, 0.05) is 38.1 Å². The van der Waals surface area contributed by atoms with Gasteiger partial charge in [0.15, 0.2) is 17.5 Å². The molecule has 66 heavy (non-hydrogen) atoms. The summed E-state index contributed by atoms with van der Waals surface area (Å²) in [5, 5.41) is 13.5. The van der Waals surface area contributed by atoms with Crippen molar-refractivity contribution < 1.29 is 8.83 Å². The van der Waals surface area contributed by atoms with Crippen molar-refractivity contribution in [3.63, 3.8) is 0 Å². The Hall–Kier alpha value is -8.93. The Balaban J connectivity index is 1.02. The maximum Gasteiger partial charge on any atom is 0.167 e. The van der Waals surface area contributed by atoms with Crippen molar-refractivity contribution in [3.05, 3.63) is 212 Å². The van der Waals surface area contributed by atoms with Gasteiger partial charge in [-0.3, -0.25) is 0 Å². The third-order valence-corrected chi connectivity index (χ3v) is 13.3. The Bertz CT molecular complexity index is 4280. The number of rotatable bonds is 5. The van der Waals surface area contributed by atoms with Gasteiger partial charge in [-0.1, -0.05) is 176 Å². The summed E-state index contributed by atoms with van der Waals surface area (Å²) in [6.07, 6.45) is 0. The summed E-state index contributed by atoms with van der Waals surface area (Å²) in [6, 6.07) is 74.5. The minimum Gasteiger partial charge on any atom is -0.455 e. The molecule has 14 aromatic rings. The highest BCUT2D eigenvalue weighted by atomic mass is 16.3. The van der Waals surface area contributed by atoms with Gasteiger partial charge in [0.2, 0.25) is 0 Å². The third kappa shape index (κ3) is 5.63. The number of furan rings is 2. The molecule has 0 unspecified atom stereocenters. The zero-order valence-electron chi connectivity index (χ0n) is 35.4. The summed E-state index contributed by atoms with van der Waals surface area (Å²) < 4.78 is 13.6. The van der Waals surface area contributed by atoms with E-state index in [1.165, 1.54) is 21.5 Å². The van der Waals surface area contributed by atoms with Crippen LogP contribution in [0.15, 0.2) is 221 Å². The molecular weight excluding hydrogens is 807 g/mol. The number of aromatic nitrogens is 3. The molecule has 0 amide bonds. The molecular formula is C61H35N3O2. The van der Waals surface area contributed by atoms with Gasteiger partial charge in [-0.25, -0.2) is 15.0 Å². The molecule has 5 nitrogen and oxygen atoms in total. The zero-order chi connectivity index (χ0) is 43.3. The predicted octanol–water partition coefficient (Wildman–Crippen LogP) is 16.6. The van der Waals surface area contributed by atoms with Gasteiger partial charge < -0.3 is 8.83 Å². The summed E-state index contributed by atoms with van der Waals surface area (Å²) in [7, 11) is 0. The monoisotopic (exact) mass is 841 g/mol. The SMILES string of the molecule is c1ccc(-c2ccc(-c3nc(-c4cccc(-c5cc6c7ccccc7c7ccccc7c6c6oc7cc8ccccc8cc7c56)c4)nc(-c4cccc5c4oc4ccccc45)n3)cc2)cc1. The third-order valence-electron chi connectivity index (χ3n) is 13.3. The average Bonchev–Trinajstić information content (AvgIpc) is 3.96. The topological polar surface area (TPSA) is 65.0 Å². The number of benzene rings is 11. The summed E-state index contributed by atoms with van der Waals surface area (Å²) in [5.74, 6) is 1.68. The van der Waals surface area contributed by atoms with Gasteiger partial charge >= 0.3 is 0 Å². The molecule has 306 valence electrons. The van der Waals surface area contributed by atoms with E-state index in [2.05, 4.69) is 176 Å². The van der Waals surface area contributed by atoms with Crippen LogP contribution in [0.2, 0.25) is 0 Å². The molecule has 0 aliphatic rings. The average molecular weight is 842 g/mol. The maximum atomic E-state index is 7.09. The molecule has 0 aliphatic heterocycles. The molecule has 0 radical (unpaired) electrons. The van der Waals surface area contributed by atoms with Crippen molar-refractivity contribution in [1.29, 1.82) is 0 Å². The highest BCUT2D eigenvalue weighted by Gasteiger charge is 2.23. The molecule has 14 rings (SSSR count). The molecule has 0 N–H and O–H groups in total. The van der Waals surface area contributed by atoms with Crippen molar-refractivity contribution in [2.75, 3.05) is 0 Å². The van der Waals surface area contributed by atoms with Gasteiger partial charge in [-0.15, -0.1) is 0 Å². The molecule has 3 heterocycles. The first kappa shape index (κ1) is 36.5. The Kier molecular flexibility index (Phi) is 7.91. The fraction of sp³-hybridized carbons (Fsp3) is 0. The largest absolute Gasteiger partial charge is 0.455 e. The number of nitrogens with zero attached hydrogens (tertiary/aromatic N) is 3. The molecule has 0 atom stereocenters. The Labute approximate surface area is 377 Å². The minimum absolute atomic E-state index is 0.538. The zero-order valence-corrected chi connectivity index (χ0v) is 35.4. The van der Waals surface area contributed by atoms with Crippen molar-refractivity contribution in [3.8, 4) is 56.4 Å². The lowest BCUT2D eigenvalue weighted by atomic mass is 9.89. The van der Waals surface area contributed by atoms with E-state index in [0.717, 1.165) is 104 Å². The normalized spacial score (nSPS) is 11.9. The second-order valence-corrected chi connectivity index (χ2v) is 17.1. The molecule has 0 aliphatic carbocycles. The second-order valence-electron chi connectivity index (χ2n) is 17.1. The molecule has 0 saturated heterocycles. The summed E-state index contributed by atoms with van der Waals surface area (Å²) in [5.41, 5.74) is 10.2. The molecule has 0 saturated carbocycles. The summed E-state index contributed by atoms with van der Waals surface area (Å²) in [4.78, 5) is 15.7. The van der Waals surface area contributed by atoms with E-state index in [1.807, 2.05) is 36.4 Å². The second kappa shape index (κ2) is 14.3. The first-order chi connectivity index (χ1) is 32.7. The van der Waals surface area contributed by atoms with E-state index in [1.54, 1.807) is 0 Å². The van der Waals surface area contributed by atoms with Crippen LogP contribution in [0.4, 0.5) is 0 Å². The fourth-order valence-corrected chi connectivity index (χ4v) is 10.2. The Morgan fingerprint density at radius 2 is 0.803 bits per heavy atom. The smallest absolute Gasteiger partial charge is 0.167 e. The van der Waals surface area contributed by atoms with Gasteiger partial charge in [0.05, 0.1) is 5.56 Å². The maximum absolute atomic E-state index is 7.09. The fourth-order valence-electron chi connectivity index (χ4n) is 10.2. The lowest BCUT2D eigenvalue weighted by molar-refractivity contribution is 0.669. The molecule has 0 spiro atoms. The number of hydrogen-bond donors (Lipinski definition) is 0. The highest BCUT2D eigenvalue weighted by Crippen LogP contribution is 2.47. The van der Waals surface area contributed by atoms with Crippen molar-refractivity contribution in [2.45, 2.75) is 0 Å². The van der Waals surface area contributed by atoms with Crippen LogP contribution in [0.1, 0.15) is 0 Å². The number of para-hydroxylation sites is 2. The van der Waals surface area contributed by atoms with Crippen molar-refractivity contribution in [2.24, 2.45) is 0 Å². The van der Waals surface area contributed by atoms with Gasteiger partial charge in [-0.2, -0.15) is 0 Å². The van der Waals surface area contributed by atoms with Crippen LogP contribution < -0.4 is 0 Å². The summed E-state index contributed by atoms with van der Waals surface area (Å²) in [6.45, 7) is 0. The molecule has 3 aromatic heterocycles.